The lowest BCUT2D eigenvalue weighted by atomic mass is 9.99. The Morgan fingerprint density at radius 3 is 2.53 bits per heavy atom. The van der Waals surface area contributed by atoms with Gasteiger partial charge in [0.2, 0.25) is 11.8 Å². The molecule has 1 N–H and O–H groups in total. The minimum atomic E-state index is -0.529. The van der Waals surface area contributed by atoms with Crippen LogP contribution in [0.3, 0.4) is 0 Å². The summed E-state index contributed by atoms with van der Waals surface area (Å²) in [5, 5.41) is 2.91. The van der Waals surface area contributed by atoms with Gasteiger partial charge < -0.3 is 24.8 Å². The summed E-state index contributed by atoms with van der Waals surface area (Å²) in [6.45, 7) is 4.81. The summed E-state index contributed by atoms with van der Waals surface area (Å²) in [6, 6.07) is 7.10. The number of benzene rings is 1. The van der Waals surface area contributed by atoms with E-state index >= 15 is 0 Å². The first-order chi connectivity index (χ1) is 17.3. The molecule has 1 aromatic rings. The molecule has 36 heavy (non-hydrogen) atoms. The molecule has 9 nitrogen and oxygen atoms in total. The highest BCUT2D eigenvalue weighted by atomic mass is 16.6. The third-order valence-electron chi connectivity index (χ3n) is 6.66. The highest BCUT2D eigenvalue weighted by molar-refractivity contribution is 6.07. The number of nitrogens with zero attached hydrogens (tertiary/aromatic N) is 4. The van der Waals surface area contributed by atoms with Crippen molar-refractivity contribution in [3.05, 3.63) is 53.6 Å². The summed E-state index contributed by atoms with van der Waals surface area (Å²) in [6.07, 6.45) is 7.32. The molecule has 0 aromatic heterocycles. The van der Waals surface area contributed by atoms with Gasteiger partial charge in [0.25, 0.3) is 0 Å². The number of hydrogen-bond donors (Lipinski definition) is 1. The van der Waals surface area contributed by atoms with Crippen molar-refractivity contribution >= 4 is 23.7 Å². The van der Waals surface area contributed by atoms with Crippen LogP contribution in [0, 0.1) is 5.92 Å². The number of hydrogen-bond acceptors (Lipinski definition) is 6. The number of piperazine rings is 1. The van der Waals surface area contributed by atoms with Crippen LogP contribution in [0.2, 0.25) is 0 Å². The molecule has 9 heteroatoms. The smallest absolute Gasteiger partial charge is 0.410 e. The van der Waals surface area contributed by atoms with E-state index in [1.165, 1.54) is 18.4 Å². The van der Waals surface area contributed by atoms with E-state index in [0.717, 1.165) is 0 Å². The van der Waals surface area contributed by atoms with Crippen molar-refractivity contribution < 1.29 is 19.1 Å². The van der Waals surface area contributed by atoms with Crippen LogP contribution in [0.5, 0.6) is 5.75 Å². The summed E-state index contributed by atoms with van der Waals surface area (Å²) >= 11 is 0. The Bertz CT molecular complexity index is 1080. The van der Waals surface area contributed by atoms with E-state index in [2.05, 4.69) is 10.3 Å². The number of para-hydroxylation sites is 1. The molecule has 2 aliphatic heterocycles. The minimum absolute atomic E-state index is 0.0546. The number of carbonyl (C=O) groups excluding carboxylic acids is 3. The van der Waals surface area contributed by atoms with Crippen LogP contribution in [-0.4, -0.2) is 91.8 Å². The Morgan fingerprint density at radius 1 is 1.14 bits per heavy atom. The van der Waals surface area contributed by atoms with Crippen LogP contribution in [0.4, 0.5) is 4.79 Å². The van der Waals surface area contributed by atoms with Gasteiger partial charge in [-0.15, -0.1) is 0 Å². The van der Waals surface area contributed by atoms with E-state index in [9.17, 15) is 14.4 Å². The fraction of sp³-hybridized carbons (Fsp3) is 0.481. The van der Waals surface area contributed by atoms with Crippen LogP contribution in [0.1, 0.15) is 31.2 Å². The van der Waals surface area contributed by atoms with E-state index in [0.29, 0.717) is 62.3 Å². The van der Waals surface area contributed by atoms with E-state index in [-0.39, 0.29) is 11.8 Å². The third-order valence-corrected chi connectivity index (χ3v) is 6.66. The summed E-state index contributed by atoms with van der Waals surface area (Å²) in [5.74, 6) is 0.810. The molecule has 0 bridgehead atoms. The van der Waals surface area contributed by atoms with Crippen LogP contribution >= 0.6 is 0 Å². The summed E-state index contributed by atoms with van der Waals surface area (Å²) in [5.41, 5.74) is 1.92. The van der Waals surface area contributed by atoms with E-state index in [4.69, 9.17) is 4.74 Å². The van der Waals surface area contributed by atoms with E-state index < -0.39 is 12.0 Å². The number of aliphatic imine (C=N–C) groups is 1. The van der Waals surface area contributed by atoms with Crippen LogP contribution in [-0.2, 0) is 9.59 Å². The number of carbonyl (C=O) groups is 3. The van der Waals surface area contributed by atoms with Crippen LogP contribution in [0.25, 0.3) is 0 Å². The van der Waals surface area contributed by atoms with E-state index in [1.807, 2.05) is 37.2 Å². The standard InChI is InChI=1S/C27H35N5O4/c1-19(26(34)29-24-17-21(18-28-24)20-10-11-20)22-7-4-5-8-23(22)36-27(35)32-15-13-31(14-16-32)25(33)9-6-12-30(2)3/h4-9,17,19-20H,10-16,18H2,1-3H3,(H,28,29,34)/b9-6+. The Kier molecular flexibility index (Phi) is 8.20. The molecule has 1 atom stereocenters. The number of amidine groups is 1. The number of ether oxygens (including phenoxy) is 1. The summed E-state index contributed by atoms with van der Waals surface area (Å²) < 4.78 is 5.71. The molecule has 192 valence electrons. The van der Waals surface area contributed by atoms with Gasteiger partial charge in [-0.2, -0.15) is 0 Å². The molecular formula is C27H35N5O4. The highest BCUT2D eigenvalue weighted by Gasteiger charge is 2.29. The van der Waals surface area contributed by atoms with E-state index in [1.54, 1.807) is 41.0 Å². The monoisotopic (exact) mass is 493 g/mol. The van der Waals surface area contributed by atoms with Gasteiger partial charge >= 0.3 is 6.09 Å². The quantitative estimate of drug-likeness (QED) is 0.589. The van der Waals surface area contributed by atoms with Crippen molar-refractivity contribution in [3.8, 4) is 5.75 Å². The molecule has 1 unspecified atom stereocenters. The maximum absolute atomic E-state index is 12.9. The predicted molar refractivity (Wildman–Crippen MR) is 138 cm³/mol. The molecule has 3 amide bonds. The molecule has 1 aliphatic carbocycles. The predicted octanol–water partition coefficient (Wildman–Crippen LogP) is 2.42. The maximum Gasteiger partial charge on any atom is 0.415 e. The minimum Gasteiger partial charge on any atom is -0.410 e. The van der Waals surface area contributed by atoms with Gasteiger partial charge in [-0.3, -0.25) is 14.6 Å². The normalized spacial score (nSPS) is 18.8. The average molecular weight is 494 g/mol. The first-order valence-electron chi connectivity index (χ1n) is 12.5. The molecule has 0 spiro atoms. The van der Waals surface area contributed by atoms with Gasteiger partial charge in [-0.05, 0) is 57.5 Å². The molecule has 4 rings (SSSR count). The molecule has 0 radical (unpaired) electrons. The van der Waals surface area contributed by atoms with Gasteiger partial charge in [0.05, 0.1) is 12.5 Å². The van der Waals surface area contributed by atoms with Crippen molar-refractivity contribution in [1.29, 1.82) is 0 Å². The SMILES string of the molecule is CC(C(=O)NC1=NCC(C2CC2)=C1)c1ccccc1OC(=O)N1CCN(C(=O)/C=C/CN(C)C)CC1. The lowest BCUT2D eigenvalue weighted by Crippen LogP contribution is -2.51. The number of nitrogens with one attached hydrogen (secondary N) is 1. The lowest BCUT2D eigenvalue weighted by Gasteiger charge is -2.33. The zero-order chi connectivity index (χ0) is 25.7. The molecule has 2 heterocycles. The number of likely N-dealkylation sites (N-methyl/N-ethyl adjacent to an activating group) is 1. The highest BCUT2D eigenvalue weighted by Crippen LogP contribution is 2.37. The van der Waals surface area contributed by atoms with Crippen molar-refractivity contribution in [2.45, 2.75) is 25.7 Å². The fourth-order valence-electron chi connectivity index (χ4n) is 4.26. The number of amides is 3. The fourth-order valence-corrected chi connectivity index (χ4v) is 4.26. The Balaban J connectivity index is 1.31. The van der Waals surface area contributed by atoms with Crippen molar-refractivity contribution in [2.75, 3.05) is 53.4 Å². The molecule has 3 aliphatic rings. The summed E-state index contributed by atoms with van der Waals surface area (Å²) in [4.78, 5) is 47.9. The van der Waals surface area contributed by atoms with Gasteiger partial charge in [0, 0.05) is 44.4 Å². The first-order valence-corrected chi connectivity index (χ1v) is 12.5. The molecule has 1 saturated carbocycles. The Hall–Kier alpha value is -3.46. The molecule has 1 aromatic carbocycles. The third kappa shape index (κ3) is 6.60. The second-order valence-corrected chi connectivity index (χ2v) is 9.79. The zero-order valence-corrected chi connectivity index (χ0v) is 21.3. The summed E-state index contributed by atoms with van der Waals surface area (Å²) in [7, 11) is 3.88. The first kappa shape index (κ1) is 25.6. The van der Waals surface area contributed by atoms with Crippen LogP contribution < -0.4 is 10.1 Å². The second-order valence-electron chi connectivity index (χ2n) is 9.79. The van der Waals surface area contributed by atoms with Gasteiger partial charge in [0.1, 0.15) is 11.6 Å². The van der Waals surface area contributed by atoms with Gasteiger partial charge in [-0.25, -0.2) is 4.79 Å². The largest absolute Gasteiger partial charge is 0.415 e. The number of rotatable bonds is 7. The zero-order valence-electron chi connectivity index (χ0n) is 21.3. The Morgan fingerprint density at radius 2 is 1.83 bits per heavy atom. The average Bonchev–Trinajstić information content (AvgIpc) is 3.62. The topological polar surface area (TPSA) is 94.5 Å². The Labute approximate surface area is 212 Å². The van der Waals surface area contributed by atoms with Gasteiger partial charge in [0.15, 0.2) is 0 Å². The van der Waals surface area contributed by atoms with Crippen molar-refractivity contribution in [1.82, 2.24) is 20.0 Å². The van der Waals surface area contributed by atoms with Crippen LogP contribution in [0.15, 0.2) is 53.1 Å². The molecule has 1 saturated heterocycles. The maximum atomic E-state index is 12.9. The lowest BCUT2D eigenvalue weighted by molar-refractivity contribution is -0.127. The van der Waals surface area contributed by atoms with Gasteiger partial charge in [-0.1, -0.05) is 24.3 Å². The van der Waals surface area contributed by atoms with Crippen molar-refractivity contribution in [2.24, 2.45) is 10.9 Å². The molecular weight excluding hydrogens is 458 g/mol. The van der Waals surface area contributed by atoms with Crippen molar-refractivity contribution in [3.63, 3.8) is 0 Å². The molecule has 2 fully saturated rings. The second kappa shape index (κ2) is 11.5.